The van der Waals surface area contributed by atoms with Crippen LogP contribution in [0, 0.1) is 11.8 Å². The minimum Gasteiger partial charge on any atom is -0.356 e. The average Bonchev–Trinajstić information content (AvgIpc) is 3.04. The zero-order chi connectivity index (χ0) is 18.2. The fourth-order valence-electron chi connectivity index (χ4n) is 4.20. The number of likely N-dealkylation sites (tertiary alicyclic amines) is 2. The van der Waals surface area contributed by atoms with Crippen LogP contribution in [-0.4, -0.2) is 74.0 Å². The molecule has 2 aliphatic rings. The van der Waals surface area contributed by atoms with Crippen LogP contribution < -0.4 is 10.6 Å². The van der Waals surface area contributed by atoms with E-state index in [0.717, 1.165) is 56.8 Å². The normalized spacial score (nSPS) is 27.2. The topological polar surface area (TPSA) is 60.0 Å². The molecule has 0 radical (unpaired) electrons. The highest BCUT2D eigenvalue weighted by molar-refractivity contribution is 14.0. The molecule has 0 aromatic carbocycles. The predicted molar refractivity (Wildman–Crippen MR) is 119 cm³/mol. The predicted octanol–water partition coefficient (Wildman–Crippen LogP) is 2.15. The smallest absolute Gasteiger partial charge is 0.222 e. The Morgan fingerprint density at radius 2 is 1.88 bits per heavy atom. The first-order valence-electron chi connectivity index (χ1n) is 9.99. The summed E-state index contributed by atoms with van der Waals surface area (Å²) in [6, 6.07) is 0.311. The van der Waals surface area contributed by atoms with Crippen molar-refractivity contribution in [2.75, 3.05) is 46.3 Å². The maximum atomic E-state index is 11.8. The number of carbonyl (C=O) groups is 1. The third kappa shape index (κ3) is 7.58. The van der Waals surface area contributed by atoms with E-state index in [2.05, 4.69) is 34.4 Å². The van der Waals surface area contributed by atoms with E-state index in [9.17, 15) is 4.79 Å². The van der Waals surface area contributed by atoms with Gasteiger partial charge in [0, 0.05) is 52.2 Å². The molecular weight excluding hydrogens is 441 g/mol. The van der Waals surface area contributed by atoms with Crippen molar-refractivity contribution in [3.05, 3.63) is 0 Å². The minimum atomic E-state index is 0. The van der Waals surface area contributed by atoms with E-state index in [1.807, 2.05) is 18.9 Å². The SMILES string of the molecule is CCC(=O)N1CCC(NC(=NC)NCCCN2CC(C)CC(C)C2)C1.I. The molecule has 2 aliphatic heterocycles. The number of nitrogens with one attached hydrogen (secondary N) is 2. The highest BCUT2D eigenvalue weighted by Crippen LogP contribution is 2.20. The lowest BCUT2D eigenvalue weighted by molar-refractivity contribution is -0.129. The van der Waals surface area contributed by atoms with E-state index in [0.29, 0.717) is 12.5 Å². The lowest BCUT2D eigenvalue weighted by atomic mass is 9.92. The number of hydrogen-bond donors (Lipinski definition) is 2. The molecule has 0 bridgehead atoms. The highest BCUT2D eigenvalue weighted by atomic mass is 127. The number of guanidine groups is 1. The molecule has 2 N–H and O–H groups in total. The molecule has 3 atom stereocenters. The second-order valence-corrected chi connectivity index (χ2v) is 7.88. The average molecular weight is 479 g/mol. The van der Waals surface area contributed by atoms with Gasteiger partial charge in [-0.15, -0.1) is 24.0 Å². The monoisotopic (exact) mass is 479 g/mol. The van der Waals surface area contributed by atoms with E-state index < -0.39 is 0 Å². The molecule has 26 heavy (non-hydrogen) atoms. The van der Waals surface area contributed by atoms with Crippen LogP contribution in [0.1, 0.15) is 46.5 Å². The van der Waals surface area contributed by atoms with Gasteiger partial charge in [-0.3, -0.25) is 9.79 Å². The summed E-state index contributed by atoms with van der Waals surface area (Å²) in [5.41, 5.74) is 0. The van der Waals surface area contributed by atoms with Crippen LogP contribution in [0.25, 0.3) is 0 Å². The number of halogens is 1. The molecule has 0 aromatic heterocycles. The van der Waals surface area contributed by atoms with Crippen molar-refractivity contribution < 1.29 is 4.79 Å². The fourth-order valence-corrected chi connectivity index (χ4v) is 4.20. The van der Waals surface area contributed by atoms with Gasteiger partial charge in [0.15, 0.2) is 5.96 Å². The summed E-state index contributed by atoms with van der Waals surface area (Å²) in [7, 11) is 1.81. The van der Waals surface area contributed by atoms with Crippen LogP contribution >= 0.6 is 24.0 Å². The standard InChI is InChI=1S/C19H37N5O.HI/c1-5-18(25)24-10-7-17(14-24)22-19(20-4)21-8-6-9-23-12-15(2)11-16(3)13-23;/h15-17H,5-14H2,1-4H3,(H2,20,21,22);1H. The second-order valence-electron chi connectivity index (χ2n) is 7.88. The number of hydrogen-bond acceptors (Lipinski definition) is 3. The molecule has 1 amide bonds. The highest BCUT2D eigenvalue weighted by Gasteiger charge is 2.25. The Morgan fingerprint density at radius 1 is 1.19 bits per heavy atom. The van der Waals surface area contributed by atoms with Gasteiger partial charge >= 0.3 is 0 Å². The molecule has 0 aromatic rings. The molecule has 0 aliphatic carbocycles. The first kappa shape index (κ1) is 23.5. The van der Waals surface area contributed by atoms with E-state index in [1.165, 1.54) is 19.5 Å². The third-order valence-corrected chi connectivity index (χ3v) is 5.30. The van der Waals surface area contributed by atoms with Crippen LogP contribution in [0.3, 0.4) is 0 Å². The molecule has 3 unspecified atom stereocenters. The minimum absolute atomic E-state index is 0. The summed E-state index contributed by atoms with van der Waals surface area (Å²) >= 11 is 0. The molecule has 2 heterocycles. The first-order valence-corrected chi connectivity index (χ1v) is 9.99. The zero-order valence-corrected chi connectivity index (χ0v) is 19.3. The summed E-state index contributed by atoms with van der Waals surface area (Å²) < 4.78 is 0. The van der Waals surface area contributed by atoms with Gasteiger partial charge in [0.25, 0.3) is 0 Å². The van der Waals surface area contributed by atoms with Gasteiger partial charge in [0.05, 0.1) is 0 Å². The van der Waals surface area contributed by atoms with Gasteiger partial charge in [0.2, 0.25) is 5.91 Å². The van der Waals surface area contributed by atoms with Crippen LogP contribution in [0.4, 0.5) is 0 Å². The largest absolute Gasteiger partial charge is 0.356 e. The molecule has 6 nitrogen and oxygen atoms in total. The lowest BCUT2D eigenvalue weighted by Crippen LogP contribution is -2.46. The summed E-state index contributed by atoms with van der Waals surface area (Å²) in [6.45, 7) is 12.9. The van der Waals surface area contributed by atoms with Gasteiger partial charge in [-0.25, -0.2) is 0 Å². The Labute approximate surface area is 176 Å². The van der Waals surface area contributed by atoms with Crippen LogP contribution in [0.15, 0.2) is 4.99 Å². The van der Waals surface area contributed by atoms with Crippen molar-refractivity contribution >= 4 is 35.8 Å². The molecule has 0 spiro atoms. The van der Waals surface area contributed by atoms with Crippen molar-refractivity contribution in [2.45, 2.75) is 52.5 Å². The summed E-state index contributed by atoms with van der Waals surface area (Å²) in [5, 5.41) is 6.88. The molecular formula is C19H38IN5O. The molecule has 2 fully saturated rings. The number of aliphatic imine (C=N–C) groups is 1. The van der Waals surface area contributed by atoms with Crippen molar-refractivity contribution in [1.29, 1.82) is 0 Å². The lowest BCUT2D eigenvalue weighted by Gasteiger charge is -2.35. The van der Waals surface area contributed by atoms with Crippen LogP contribution in [-0.2, 0) is 4.79 Å². The second kappa shape index (κ2) is 12.0. The Hall–Kier alpha value is -0.570. The summed E-state index contributed by atoms with van der Waals surface area (Å²) in [4.78, 5) is 20.6. The fraction of sp³-hybridized carbons (Fsp3) is 0.895. The quantitative estimate of drug-likeness (QED) is 0.265. The number of piperidine rings is 1. The van der Waals surface area contributed by atoms with Crippen molar-refractivity contribution in [2.24, 2.45) is 16.8 Å². The van der Waals surface area contributed by atoms with E-state index in [4.69, 9.17) is 0 Å². The number of amides is 1. The maximum absolute atomic E-state index is 11.8. The van der Waals surface area contributed by atoms with Crippen LogP contribution in [0.5, 0.6) is 0 Å². The Kier molecular flexibility index (Phi) is 10.8. The molecule has 2 saturated heterocycles. The van der Waals surface area contributed by atoms with Gasteiger partial charge < -0.3 is 20.4 Å². The zero-order valence-electron chi connectivity index (χ0n) is 17.0. The maximum Gasteiger partial charge on any atom is 0.222 e. The van der Waals surface area contributed by atoms with Crippen molar-refractivity contribution in [1.82, 2.24) is 20.4 Å². The van der Waals surface area contributed by atoms with Gasteiger partial charge in [-0.05, 0) is 37.6 Å². The first-order chi connectivity index (χ1) is 12.0. The van der Waals surface area contributed by atoms with E-state index >= 15 is 0 Å². The molecule has 7 heteroatoms. The van der Waals surface area contributed by atoms with Gasteiger partial charge in [0.1, 0.15) is 0 Å². The number of rotatable bonds is 6. The summed E-state index contributed by atoms with van der Waals surface area (Å²) in [6.07, 6.45) is 4.08. The Morgan fingerprint density at radius 3 is 2.50 bits per heavy atom. The van der Waals surface area contributed by atoms with Gasteiger partial charge in [-0.2, -0.15) is 0 Å². The third-order valence-electron chi connectivity index (χ3n) is 5.30. The van der Waals surface area contributed by atoms with Crippen molar-refractivity contribution in [3.63, 3.8) is 0 Å². The van der Waals surface area contributed by atoms with Gasteiger partial charge in [-0.1, -0.05) is 20.8 Å². The van der Waals surface area contributed by atoms with E-state index in [-0.39, 0.29) is 29.9 Å². The molecule has 2 rings (SSSR count). The molecule has 152 valence electrons. The van der Waals surface area contributed by atoms with Crippen molar-refractivity contribution in [3.8, 4) is 0 Å². The Balaban J connectivity index is 0.00000338. The van der Waals surface area contributed by atoms with E-state index in [1.54, 1.807) is 0 Å². The summed E-state index contributed by atoms with van der Waals surface area (Å²) in [5.74, 6) is 2.75. The number of nitrogens with zero attached hydrogens (tertiary/aromatic N) is 3. The van der Waals surface area contributed by atoms with Crippen LogP contribution in [0.2, 0.25) is 0 Å². The number of carbonyl (C=O) groups excluding carboxylic acids is 1. The molecule has 0 saturated carbocycles. The Bertz CT molecular complexity index is 449.